The van der Waals surface area contributed by atoms with Crippen LogP contribution in [0.4, 0.5) is 11.4 Å². The Hall–Kier alpha value is -3.15. The number of benzene rings is 2. The normalized spacial score (nSPS) is 18.5. The van der Waals surface area contributed by atoms with Crippen molar-refractivity contribution >= 4 is 34.3 Å². The third-order valence-electron chi connectivity index (χ3n) is 5.15. The lowest BCUT2D eigenvalue weighted by atomic mass is 9.97. The molecule has 6 heteroatoms. The summed E-state index contributed by atoms with van der Waals surface area (Å²) in [4.78, 5) is 29.1. The van der Waals surface area contributed by atoms with Gasteiger partial charge in [0.05, 0.1) is 0 Å². The van der Waals surface area contributed by atoms with Crippen LogP contribution in [0.25, 0.3) is 11.1 Å². The lowest BCUT2D eigenvalue weighted by molar-refractivity contribution is -0.117. The molecule has 2 aromatic carbocycles. The van der Waals surface area contributed by atoms with Gasteiger partial charge in [0.15, 0.2) is 5.58 Å². The lowest BCUT2D eigenvalue weighted by Gasteiger charge is -2.11. The molecule has 0 aliphatic heterocycles. The van der Waals surface area contributed by atoms with E-state index in [1.807, 2.05) is 26.8 Å². The highest BCUT2D eigenvalue weighted by Crippen LogP contribution is 2.38. The Bertz CT molecular complexity index is 1080. The second-order valence-electron chi connectivity index (χ2n) is 8.79. The van der Waals surface area contributed by atoms with Crippen LogP contribution < -0.4 is 10.6 Å². The molecule has 0 saturated heterocycles. The fourth-order valence-corrected chi connectivity index (χ4v) is 3.16. The molecule has 2 atom stereocenters. The molecule has 0 radical (unpaired) electrons. The zero-order chi connectivity index (χ0) is 20.8. The lowest BCUT2D eigenvalue weighted by Crippen LogP contribution is -2.15. The summed E-state index contributed by atoms with van der Waals surface area (Å²) in [6.07, 6.45) is 0.944. The fraction of sp³-hybridized carbons (Fsp3) is 0.348. The van der Waals surface area contributed by atoms with Crippen LogP contribution in [0, 0.1) is 11.8 Å². The van der Waals surface area contributed by atoms with Crippen molar-refractivity contribution in [1.82, 2.24) is 4.98 Å². The molecule has 1 heterocycles. The molecule has 3 aromatic rings. The number of amides is 2. The molecular formula is C23H25N3O3. The standard InChI is InChI=1S/C23H25N3O3/c1-13-11-17(13)21(28)24-15-7-5-14(6-8-15)20(27)25-16-9-10-19-18(12-16)26-22(29-19)23(2,3)4/h5-10,12-13,17H,11H2,1-4H3,(H,24,28)(H,25,27). The molecule has 1 aliphatic rings. The minimum absolute atomic E-state index is 0.0465. The van der Waals surface area contributed by atoms with Crippen LogP contribution in [0.15, 0.2) is 46.9 Å². The van der Waals surface area contributed by atoms with Crippen molar-refractivity contribution in [3.63, 3.8) is 0 Å². The van der Waals surface area contributed by atoms with Crippen molar-refractivity contribution in [2.75, 3.05) is 10.6 Å². The number of oxazole rings is 1. The second-order valence-corrected chi connectivity index (χ2v) is 8.79. The number of aromatic nitrogens is 1. The van der Waals surface area contributed by atoms with Gasteiger partial charge in [-0.25, -0.2) is 4.98 Å². The van der Waals surface area contributed by atoms with Crippen molar-refractivity contribution in [3.05, 3.63) is 53.9 Å². The molecule has 1 aromatic heterocycles. The van der Waals surface area contributed by atoms with Crippen LogP contribution in [0.3, 0.4) is 0 Å². The minimum atomic E-state index is -0.224. The van der Waals surface area contributed by atoms with Crippen LogP contribution in [0.1, 0.15) is 50.4 Å². The van der Waals surface area contributed by atoms with Crippen molar-refractivity contribution < 1.29 is 14.0 Å². The van der Waals surface area contributed by atoms with E-state index in [2.05, 4.69) is 22.5 Å². The highest BCUT2D eigenvalue weighted by molar-refractivity contribution is 6.05. The number of hydrogen-bond acceptors (Lipinski definition) is 4. The fourth-order valence-electron chi connectivity index (χ4n) is 3.16. The summed E-state index contributed by atoms with van der Waals surface area (Å²) >= 11 is 0. The number of nitrogens with one attached hydrogen (secondary N) is 2. The van der Waals surface area contributed by atoms with E-state index in [4.69, 9.17) is 4.42 Å². The van der Waals surface area contributed by atoms with E-state index in [0.717, 1.165) is 6.42 Å². The molecule has 0 bridgehead atoms. The molecule has 2 amide bonds. The molecule has 0 spiro atoms. The molecule has 29 heavy (non-hydrogen) atoms. The molecule has 1 saturated carbocycles. The first-order chi connectivity index (χ1) is 13.7. The van der Waals surface area contributed by atoms with Crippen molar-refractivity contribution in [1.29, 1.82) is 0 Å². The maximum Gasteiger partial charge on any atom is 0.255 e. The minimum Gasteiger partial charge on any atom is -0.440 e. The summed E-state index contributed by atoms with van der Waals surface area (Å²) in [5.74, 6) is 1.06. The second kappa shape index (κ2) is 7.03. The van der Waals surface area contributed by atoms with Crippen LogP contribution >= 0.6 is 0 Å². The van der Waals surface area contributed by atoms with E-state index < -0.39 is 0 Å². The Balaban J connectivity index is 1.44. The monoisotopic (exact) mass is 391 g/mol. The van der Waals surface area contributed by atoms with E-state index >= 15 is 0 Å². The van der Waals surface area contributed by atoms with Gasteiger partial charge in [0.2, 0.25) is 11.8 Å². The molecule has 2 unspecified atom stereocenters. The van der Waals surface area contributed by atoms with Crippen molar-refractivity contribution in [2.45, 2.75) is 39.5 Å². The predicted molar refractivity (Wildman–Crippen MR) is 113 cm³/mol. The third-order valence-corrected chi connectivity index (χ3v) is 5.15. The largest absolute Gasteiger partial charge is 0.440 e. The van der Waals surface area contributed by atoms with E-state index in [0.29, 0.717) is 39.8 Å². The van der Waals surface area contributed by atoms with E-state index in [-0.39, 0.29) is 23.1 Å². The van der Waals surface area contributed by atoms with Gasteiger partial charge in [-0.3, -0.25) is 9.59 Å². The average molecular weight is 391 g/mol. The summed E-state index contributed by atoms with van der Waals surface area (Å²) < 4.78 is 5.79. The molecule has 2 N–H and O–H groups in total. The van der Waals surface area contributed by atoms with Gasteiger partial charge >= 0.3 is 0 Å². The summed E-state index contributed by atoms with van der Waals surface area (Å²) in [7, 11) is 0. The Kier molecular flexibility index (Phi) is 4.65. The molecular weight excluding hydrogens is 366 g/mol. The maximum atomic E-state index is 12.6. The van der Waals surface area contributed by atoms with E-state index in [9.17, 15) is 9.59 Å². The number of hydrogen-bond donors (Lipinski definition) is 2. The Morgan fingerprint density at radius 3 is 2.31 bits per heavy atom. The van der Waals surface area contributed by atoms with Crippen LogP contribution in [0.2, 0.25) is 0 Å². The van der Waals surface area contributed by atoms with Crippen LogP contribution in [-0.2, 0) is 10.2 Å². The van der Waals surface area contributed by atoms with E-state index in [1.165, 1.54) is 0 Å². The predicted octanol–water partition coefficient (Wildman–Crippen LogP) is 4.97. The van der Waals surface area contributed by atoms with Gasteiger partial charge in [0, 0.05) is 28.3 Å². The van der Waals surface area contributed by atoms with Crippen molar-refractivity contribution in [2.24, 2.45) is 11.8 Å². The smallest absolute Gasteiger partial charge is 0.255 e. The molecule has 6 nitrogen and oxygen atoms in total. The number of anilines is 2. The zero-order valence-electron chi connectivity index (χ0n) is 17.1. The van der Waals surface area contributed by atoms with Gasteiger partial charge in [-0.1, -0.05) is 27.7 Å². The SMILES string of the molecule is CC1CC1C(=O)Nc1ccc(C(=O)Nc2ccc3oc(C(C)(C)C)nc3c2)cc1. The number of carbonyl (C=O) groups is 2. The number of nitrogens with zero attached hydrogens (tertiary/aromatic N) is 1. The number of carbonyl (C=O) groups excluding carboxylic acids is 2. The first-order valence-corrected chi connectivity index (χ1v) is 9.84. The number of fused-ring (bicyclic) bond motifs is 1. The summed E-state index contributed by atoms with van der Waals surface area (Å²) in [6, 6.07) is 12.3. The van der Waals surface area contributed by atoms with Gasteiger partial charge in [-0.05, 0) is 54.8 Å². The average Bonchev–Trinajstić information content (AvgIpc) is 3.23. The Morgan fingerprint density at radius 1 is 1.03 bits per heavy atom. The topological polar surface area (TPSA) is 84.2 Å². The maximum absolute atomic E-state index is 12.6. The van der Waals surface area contributed by atoms with Gasteiger partial charge in [-0.2, -0.15) is 0 Å². The quantitative estimate of drug-likeness (QED) is 0.657. The van der Waals surface area contributed by atoms with Gasteiger partial charge in [0.1, 0.15) is 5.52 Å². The van der Waals surface area contributed by atoms with Crippen LogP contribution in [0.5, 0.6) is 0 Å². The zero-order valence-corrected chi connectivity index (χ0v) is 17.1. The summed E-state index contributed by atoms with van der Waals surface area (Å²) in [5, 5.41) is 5.78. The van der Waals surface area contributed by atoms with Crippen LogP contribution in [-0.4, -0.2) is 16.8 Å². The van der Waals surface area contributed by atoms with E-state index in [1.54, 1.807) is 36.4 Å². The Morgan fingerprint density at radius 2 is 1.69 bits per heavy atom. The number of rotatable bonds is 4. The highest BCUT2D eigenvalue weighted by atomic mass is 16.3. The van der Waals surface area contributed by atoms with Gasteiger partial charge in [0.25, 0.3) is 5.91 Å². The summed E-state index contributed by atoms with van der Waals surface area (Å²) in [5.41, 5.74) is 3.08. The van der Waals surface area contributed by atoms with Gasteiger partial charge in [-0.15, -0.1) is 0 Å². The van der Waals surface area contributed by atoms with Gasteiger partial charge < -0.3 is 15.1 Å². The molecule has 4 rings (SSSR count). The highest BCUT2D eigenvalue weighted by Gasteiger charge is 2.39. The molecule has 150 valence electrons. The Labute approximate surface area is 169 Å². The van der Waals surface area contributed by atoms with Crippen molar-refractivity contribution in [3.8, 4) is 0 Å². The first-order valence-electron chi connectivity index (χ1n) is 9.84. The molecule has 1 aliphatic carbocycles. The third kappa shape index (κ3) is 4.16. The summed E-state index contributed by atoms with van der Waals surface area (Å²) in [6.45, 7) is 8.19. The first kappa shape index (κ1) is 19.2. The molecule has 1 fully saturated rings.